The van der Waals surface area contributed by atoms with Crippen LogP contribution in [0, 0.1) is 0 Å². The van der Waals surface area contributed by atoms with E-state index in [0.717, 1.165) is 11.8 Å². The number of hydrogen-bond donors (Lipinski definition) is 2. The SMILES string of the molecule is CC(C)(C)NS(=O)(=O)c1ccc(C(=O)NCc2ccc(S(C)(=O)=O)cc2)cc1. The molecular formula is C19H24N2O5S2. The Kier molecular flexibility index (Phi) is 6.32. The molecule has 2 rings (SSSR count). The summed E-state index contributed by atoms with van der Waals surface area (Å²) in [6.07, 6.45) is 1.13. The van der Waals surface area contributed by atoms with Gasteiger partial charge in [0.1, 0.15) is 0 Å². The molecule has 0 bridgehead atoms. The Hall–Kier alpha value is -2.23. The molecule has 0 aromatic heterocycles. The van der Waals surface area contributed by atoms with Gasteiger partial charge >= 0.3 is 0 Å². The van der Waals surface area contributed by atoms with E-state index in [9.17, 15) is 21.6 Å². The second-order valence-electron chi connectivity index (χ2n) is 7.48. The highest BCUT2D eigenvalue weighted by atomic mass is 32.2. The maximum atomic E-state index is 12.3. The molecule has 0 spiro atoms. The van der Waals surface area contributed by atoms with E-state index >= 15 is 0 Å². The molecule has 1 amide bonds. The number of nitrogens with one attached hydrogen (secondary N) is 2. The molecule has 0 fully saturated rings. The molecule has 0 saturated heterocycles. The maximum Gasteiger partial charge on any atom is 0.251 e. The van der Waals surface area contributed by atoms with Gasteiger partial charge in [0, 0.05) is 23.9 Å². The van der Waals surface area contributed by atoms with Crippen LogP contribution in [0.1, 0.15) is 36.7 Å². The van der Waals surface area contributed by atoms with Crippen molar-refractivity contribution in [1.82, 2.24) is 10.0 Å². The van der Waals surface area contributed by atoms with E-state index in [-0.39, 0.29) is 22.2 Å². The minimum Gasteiger partial charge on any atom is -0.348 e. The van der Waals surface area contributed by atoms with E-state index in [4.69, 9.17) is 0 Å². The summed E-state index contributed by atoms with van der Waals surface area (Å²) in [5.74, 6) is -0.361. The molecule has 2 N–H and O–H groups in total. The lowest BCUT2D eigenvalue weighted by atomic mass is 10.1. The highest BCUT2D eigenvalue weighted by molar-refractivity contribution is 7.90. The Balaban J connectivity index is 2.03. The van der Waals surface area contributed by atoms with Crippen LogP contribution in [0.4, 0.5) is 0 Å². The van der Waals surface area contributed by atoms with Crippen LogP contribution in [-0.2, 0) is 26.4 Å². The van der Waals surface area contributed by atoms with Crippen LogP contribution in [0.25, 0.3) is 0 Å². The third kappa shape index (κ3) is 6.15. The number of sulfonamides is 1. The van der Waals surface area contributed by atoms with Crippen LogP contribution < -0.4 is 10.0 Å². The van der Waals surface area contributed by atoms with Gasteiger partial charge in [0.2, 0.25) is 10.0 Å². The van der Waals surface area contributed by atoms with Crippen LogP contribution in [-0.4, -0.2) is 34.5 Å². The molecule has 2 aromatic rings. The van der Waals surface area contributed by atoms with Gasteiger partial charge in [0.25, 0.3) is 5.91 Å². The van der Waals surface area contributed by atoms with Crippen LogP contribution in [0.15, 0.2) is 58.3 Å². The number of benzene rings is 2. The average Bonchev–Trinajstić information content (AvgIpc) is 2.57. The van der Waals surface area contributed by atoms with Gasteiger partial charge < -0.3 is 5.32 Å². The van der Waals surface area contributed by atoms with Gasteiger partial charge in [-0.3, -0.25) is 4.79 Å². The largest absolute Gasteiger partial charge is 0.348 e. The predicted molar refractivity (Wildman–Crippen MR) is 107 cm³/mol. The van der Waals surface area contributed by atoms with Gasteiger partial charge in [-0.15, -0.1) is 0 Å². The summed E-state index contributed by atoms with van der Waals surface area (Å²) < 4.78 is 50.0. The fourth-order valence-corrected chi connectivity index (χ4v) is 4.44. The molecule has 7 nitrogen and oxygen atoms in total. The van der Waals surface area contributed by atoms with Crippen LogP contribution in [0.5, 0.6) is 0 Å². The quantitative estimate of drug-likeness (QED) is 0.738. The fourth-order valence-electron chi connectivity index (χ4n) is 2.39. The number of sulfone groups is 1. The Morgan fingerprint density at radius 1 is 0.857 bits per heavy atom. The smallest absolute Gasteiger partial charge is 0.251 e. The van der Waals surface area contributed by atoms with Gasteiger partial charge in [-0.05, 0) is 62.7 Å². The first kappa shape index (κ1) is 22.1. The first-order valence-corrected chi connectivity index (χ1v) is 11.9. The van der Waals surface area contributed by atoms with E-state index in [2.05, 4.69) is 10.0 Å². The van der Waals surface area contributed by atoms with Crippen LogP contribution in [0.3, 0.4) is 0 Å². The molecule has 0 aliphatic rings. The number of rotatable bonds is 6. The fraction of sp³-hybridized carbons (Fsp3) is 0.316. The molecule has 28 heavy (non-hydrogen) atoms. The highest BCUT2D eigenvalue weighted by Crippen LogP contribution is 2.14. The number of hydrogen-bond acceptors (Lipinski definition) is 5. The van der Waals surface area contributed by atoms with E-state index in [1.54, 1.807) is 32.9 Å². The Bertz CT molecular complexity index is 1050. The van der Waals surface area contributed by atoms with Crippen molar-refractivity contribution in [1.29, 1.82) is 0 Å². The summed E-state index contributed by atoms with van der Waals surface area (Å²) in [6.45, 7) is 5.45. The highest BCUT2D eigenvalue weighted by Gasteiger charge is 2.22. The van der Waals surface area contributed by atoms with Gasteiger partial charge in [-0.2, -0.15) is 0 Å². The molecule has 0 aliphatic carbocycles. The normalized spacial score (nSPS) is 12.6. The Morgan fingerprint density at radius 2 is 1.36 bits per heavy atom. The van der Waals surface area contributed by atoms with Crippen LogP contribution >= 0.6 is 0 Å². The van der Waals surface area contributed by atoms with Gasteiger partial charge in [0.15, 0.2) is 9.84 Å². The van der Waals surface area contributed by atoms with Gasteiger partial charge in [0.05, 0.1) is 9.79 Å². The predicted octanol–water partition coefficient (Wildman–Crippen LogP) is 2.10. The van der Waals surface area contributed by atoms with Crippen molar-refractivity contribution in [2.75, 3.05) is 6.26 Å². The van der Waals surface area contributed by atoms with E-state index in [1.807, 2.05) is 0 Å². The number of carbonyl (C=O) groups is 1. The van der Waals surface area contributed by atoms with E-state index in [1.165, 1.54) is 36.4 Å². The third-order valence-corrected chi connectivity index (χ3v) is 6.57. The van der Waals surface area contributed by atoms with E-state index in [0.29, 0.717) is 5.56 Å². The topological polar surface area (TPSA) is 109 Å². The molecule has 9 heteroatoms. The number of carbonyl (C=O) groups excluding carboxylic acids is 1. The summed E-state index contributed by atoms with van der Waals surface area (Å²) in [5, 5.41) is 2.72. The molecule has 2 aromatic carbocycles. The summed E-state index contributed by atoms with van der Waals surface area (Å²) in [4.78, 5) is 12.6. The lowest BCUT2D eigenvalue weighted by Gasteiger charge is -2.20. The Morgan fingerprint density at radius 3 is 1.82 bits per heavy atom. The van der Waals surface area contributed by atoms with Crippen molar-refractivity contribution in [3.63, 3.8) is 0 Å². The zero-order valence-electron chi connectivity index (χ0n) is 16.2. The van der Waals surface area contributed by atoms with Crippen molar-refractivity contribution in [2.45, 2.75) is 42.6 Å². The maximum absolute atomic E-state index is 12.3. The van der Waals surface area contributed by atoms with Gasteiger partial charge in [-0.25, -0.2) is 21.6 Å². The number of amides is 1. The second-order valence-corrected chi connectivity index (χ2v) is 11.2. The minimum absolute atomic E-state index is 0.0790. The zero-order valence-corrected chi connectivity index (χ0v) is 17.8. The standard InChI is InChI=1S/C19H24N2O5S2/c1-19(2,3)21-28(25,26)17-11-7-15(8-12-17)18(22)20-13-14-5-9-16(10-6-14)27(4,23)24/h5-12,21H,13H2,1-4H3,(H,20,22). The molecule has 152 valence electrons. The molecule has 0 heterocycles. The molecule has 0 saturated carbocycles. The molecule has 0 atom stereocenters. The first-order chi connectivity index (χ1) is 12.8. The lowest BCUT2D eigenvalue weighted by molar-refractivity contribution is 0.0950. The summed E-state index contributed by atoms with van der Waals surface area (Å²) >= 11 is 0. The summed E-state index contributed by atoms with van der Waals surface area (Å²) in [5.41, 5.74) is 0.457. The Labute approximate surface area is 166 Å². The molecule has 0 unspecified atom stereocenters. The summed E-state index contributed by atoms with van der Waals surface area (Å²) in [6, 6.07) is 11.9. The zero-order chi connectivity index (χ0) is 21.2. The monoisotopic (exact) mass is 424 g/mol. The minimum atomic E-state index is -3.66. The van der Waals surface area contributed by atoms with Crippen molar-refractivity contribution in [3.05, 3.63) is 59.7 Å². The van der Waals surface area contributed by atoms with E-state index < -0.39 is 25.4 Å². The third-order valence-electron chi connectivity index (χ3n) is 3.67. The first-order valence-electron chi connectivity index (χ1n) is 8.49. The summed E-state index contributed by atoms with van der Waals surface area (Å²) in [7, 11) is -6.93. The molecule has 0 radical (unpaired) electrons. The van der Waals surface area contributed by atoms with Crippen LogP contribution in [0.2, 0.25) is 0 Å². The molecular weight excluding hydrogens is 400 g/mol. The van der Waals surface area contributed by atoms with Crippen molar-refractivity contribution >= 4 is 25.8 Å². The average molecular weight is 425 g/mol. The molecule has 0 aliphatic heterocycles. The van der Waals surface area contributed by atoms with Crippen molar-refractivity contribution < 1.29 is 21.6 Å². The second kappa shape index (κ2) is 8.02. The lowest BCUT2D eigenvalue weighted by Crippen LogP contribution is -2.40. The van der Waals surface area contributed by atoms with Crippen molar-refractivity contribution in [3.8, 4) is 0 Å². The van der Waals surface area contributed by atoms with Crippen molar-refractivity contribution in [2.24, 2.45) is 0 Å². The van der Waals surface area contributed by atoms with Gasteiger partial charge in [-0.1, -0.05) is 12.1 Å².